The molecule has 0 atom stereocenters. The second kappa shape index (κ2) is 14.4. The van der Waals surface area contributed by atoms with E-state index in [2.05, 4.69) is 15.6 Å². The van der Waals surface area contributed by atoms with Crippen LogP contribution in [0.2, 0.25) is 0 Å². The zero-order valence-corrected chi connectivity index (χ0v) is 27.3. The van der Waals surface area contributed by atoms with Crippen molar-refractivity contribution in [3.05, 3.63) is 76.7 Å². The van der Waals surface area contributed by atoms with Crippen molar-refractivity contribution >= 4 is 34.3 Å². The Hall–Kier alpha value is -0.828. The fourth-order valence-electron chi connectivity index (χ4n) is 3.86. The van der Waals surface area contributed by atoms with Crippen molar-refractivity contribution in [2.45, 2.75) is 43.9 Å². The van der Waals surface area contributed by atoms with Crippen LogP contribution in [0.15, 0.2) is 48.5 Å². The summed E-state index contributed by atoms with van der Waals surface area (Å²) in [5.41, 5.74) is -0.480. The molecule has 1 aromatic heterocycles. The van der Waals surface area contributed by atoms with Gasteiger partial charge in [0.1, 0.15) is 5.69 Å². The number of rotatable bonds is 4. The van der Waals surface area contributed by atoms with Gasteiger partial charge in [-0.1, -0.05) is 31.0 Å². The number of hydrogen-bond donors (Lipinski definition) is 1. The van der Waals surface area contributed by atoms with E-state index in [4.69, 9.17) is 0 Å². The molecule has 0 spiro atoms. The standard InChI is InChI=1S/C23H20F5N3O.C2H6S.Cs/c24-17-10-5-13(11-18(17)25)22(32)30-15-8-6-14(7-9-15)29-20-12-21(23(26,27)28)31-19-4-2-1-3-16(19)20;1-3-2;/h1-5,10-12,14-15H,6-9H2,(H2,29,30,31,32);1-2H3;/q;;+1/p-1. The Morgan fingerprint density at radius 1 is 1.00 bits per heavy atom. The van der Waals surface area contributed by atoms with Crippen LogP contribution < -0.4 is 74.2 Å². The van der Waals surface area contributed by atoms with Crippen molar-refractivity contribution in [2.24, 2.45) is 0 Å². The van der Waals surface area contributed by atoms with Gasteiger partial charge in [0.2, 0.25) is 0 Å². The summed E-state index contributed by atoms with van der Waals surface area (Å²) in [5, 5.41) is 7.92. The number of aromatic nitrogens is 1. The molecular formula is C25H25CsF5N3OS. The molecule has 2 aromatic carbocycles. The topological polar surface area (TPSA) is 56.1 Å². The maximum absolute atomic E-state index is 13.3. The van der Waals surface area contributed by atoms with Gasteiger partial charge >= 0.3 is 75.1 Å². The molecule has 0 saturated heterocycles. The molecule has 1 N–H and O–H groups in total. The molecule has 1 aliphatic rings. The van der Waals surface area contributed by atoms with Crippen molar-refractivity contribution in [3.8, 4) is 0 Å². The van der Waals surface area contributed by atoms with Crippen molar-refractivity contribution in [3.63, 3.8) is 0 Å². The van der Waals surface area contributed by atoms with Gasteiger partial charge in [0, 0.05) is 11.6 Å². The summed E-state index contributed by atoms with van der Waals surface area (Å²) in [7, 11) is 0. The predicted octanol–water partition coefficient (Wildman–Crippen LogP) is 4.26. The van der Waals surface area contributed by atoms with E-state index in [0.717, 1.165) is 18.2 Å². The Bertz CT molecular complexity index is 1170. The molecule has 4 nitrogen and oxygen atoms in total. The maximum atomic E-state index is 13.3. The van der Waals surface area contributed by atoms with Crippen molar-refractivity contribution in [1.82, 2.24) is 10.3 Å². The Labute approximate surface area is 270 Å². The molecule has 0 aliphatic heterocycles. The van der Waals surface area contributed by atoms with Crippen LogP contribution in [0.1, 0.15) is 41.7 Å². The third kappa shape index (κ3) is 8.60. The number of benzene rings is 2. The molecule has 1 heterocycles. The first-order valence-corrected chi connectivity index (χ1v) is 12.6. The van der Waals surface area contributed by atoms with Crippen LogP contribution in [-0.2, 0) is 6.18 Å². The Balaban J connectivity index is 0.00000109. The minimum absolute atomic E-state index is 0. The van der Waals surface area contributed by atoms with Crippen LogP contribution in [0.25, 0.3) is 16.2 Å². The number of halogens is 5. The summed E-state index contributed by atoms with van der Waals surface area (Å²) in [6.45, 7) is 0. The molecule has 11 heteroatoms. The van der Waals surface area contributed by atoms with Gasteiger partial charge in [-0.3, -0.25) is 4.79 Å². The van der Waals surface area contributed by atoms with Gasteiger partial charge in [0.05, 0.1) is 5.52 Å². The van der Waals surface area contributed by atoms with E-state index in [1.165, 1.54) is 12.1 Å². The zero-order valence-electron chi connectivity index (χ0n) is 20.2. The number of amides is 1. The first-order valence-electron chi connectivity index (χ1n) is 11.0. The number of carbonyl (C=O) groups excluding carboxylic acids is 1. The summed E-state index contributed by atoms with van der Waals surface area (Å²) in [6.07, 6.45) is 1.79. The van der Waals surface area contributed by atoms with E-state index in [1.807, 2.05) is 12.5 Å². The van der Waals surface area contributed by atoms with Gasteiger partial charge in [-0.05, 0) is 61.1 Å². The summed E-state index contributed by atoms with van der Waals surface area (Å²) in [5.74, 6) is -2.62. The number of carbonyl (C=O) groups is 1. The molecule has 1 fully saturated rings. The Morgan fingerprint density at radius 3 is 2.25 bits per heavy atom. The normalized spacial score (nSPS) is 17.4. The molecule has 36 heavy (non-hydrogen) atoms. The monoisotopic (exact) mass is 643 g/mol. The summed E-state index contributed by atoms with van der Waals surface area (Å²) < 4.78 is 66.1. The van der Waals surface area contributed by atoms with Crippen molar-refractivity contribution in [2.75, 3.05) is 12.5 Å². The van der Waals surface area contributed by atoms with E-state index < -0.39 is 29.4 Å². The predicted molar refractivity (Wildman–Crippen MR) is 129 cm³/mol. The van der Waals surface area contributed by atoms with Crippen LogP contribution in [0.5, 0.6) is 0 Å². The van der Waals surface area contributed by atoms with E-state index in [9.17, 15) is 26.7 Å². The smallest absolute Gasteiger partial charge is 0.681 e. The van der Waals surface area contributed by atoms with E-state index in [-0.39, 0.29) is 97.7 Å². The molecule has 1 amide bonds. The number of alkyl halides is 3. The van der Waals surface area contributed by atoms with Crippen LogP contribution in [0, 0.1) is 11.6 Å². The minimum Gasteiger partial charge on any atom is -0.681 e. The number of nitrogens with zero attached hydrogens (tertiary/aromatic N) is 2. The SMILES string of the molecule is CSC.O=C(NC1CCC([N-]c2cc(C(F)(F)F)nc3ccccc23)CC1)c1ccc(F)c(F)c1.[Cs+]. The van der Waals surface area contributed by atoms with Crippen LogP contribution in [0.4, 0.5) is 27.6 Å². The molecule has 0 unspecified atom stereocenters. The molecule has 1 saturated carbocycles. The number of nitrogens with one attached hydrogen (secondary N) is 1. The second-order valence-electron chi connectivity index (χ2n) is 8.19. The van der Waals surface area contributed by atoms with Gasteiger partial charge in [-0.15, -0.1) is 11.7 Å². The maximum Gasteiger partial charge on any atom is 1.00 e. The van der Waals surface area contributed by atoms with E-state index in [1.54, 1.807) is 30.0 Å². The fraction of sp³-hybridized carbons (Fsp3) is 0.360. The van der Waals surface area contributed by atoms with Gasteiger partial charge in [-0.25, -0.2) is 13.8 Å². The second-order valence-corrected chi connectivity index (χ2v) is 9.00. The number of fused-ring (bicyclic) bond motifs is 1. The molecule has 3 aromatic rings. The average molecular weight is 643 g/mol. The summed E-state index contributed by atoms with van der Waals surface area (Å²) >= 11 is 1.75. The van der Waals surface area contributed by atoms with Gasteiger partial charge in [0.25, 0.3) is 5.91 Å². The third-order valence-electron chi connectivity index (χ3n) is 5.52. The van der Waals surface area contributed by atoms with Crippen molar-refractivity contribution < 1.29 is 95.6 Å². The number of thioether (sulfide) groups is 1. The van der Waals surface area contributed by atoms with Crippen LogP contribution in [0.3, 0.4) is 0 Å². The largest absolute Gasteiger partial charge is 1.00 e. The summed E-state index contributed by atoms with van der Waals surface area (Å²) in [6, 6.07) is 10.1. The Kier molecular flexibility index (Phi) is 12.5. The fourth-order valence-corrected chi connectivity index (χ4v) is 3.86. The van der Waals surface area contributed by atoms with Crippen LogP contribution >= 0.6 is 11.8 Å². The van der Waals surface area contributed by atoms with Gasteiger partial charge in [0.15, 0.2) is 11.6 Å². The number of para-hydroxylation sites is 1. The van der Waals surface area contributed by atoms with Crippen molar-refractivity contribution in [1.29, 1.82) is 0 Å². The molecule has 188 valence electrons. The minimum atomic E-state index is -4.57. The molecule has 0 radical (unpaired) electrons. The van der Waals surface area contributed by atoms with Gasteiger partial charge in [-0.2, -0.15) is 24.9 Å². The van der Waals surface area contributed by atoms with E-state index >= 15 is 0 Å². The molecule has 1 aliphatic carbocycles. The van der Waals surface area contributed by atoms with E-state index in [0.29, 0.717) is 31.1 Å². The first-order chi connectivity index (χ1) is 16.6. The number of pyridine rings is 1. The first kappa shape index (κ1) is 31.4. The van der Waals surface area contributed by atoms with Gasteiger partial charge < -0.3 is 10.6 Å². The molecular weight excluding hydrogens is 618 g/mol. The summed E-state index contributed by atoms with van der Waals surface area (Å²) in [4.78, 5) is 16.0. The molecule has 4 rings (SSSR count). The Morgan fingerprint density at radius 2 is 1.64 bits per heavy atom. The molecule has 0 bridgehead atoms. The third-order valence-corrected chi connectivity index (χ3v) is 5.52. The average Bonchev–Trinajstić information content (AvgIpc) is 2.82. The zero-order chi connectivity index (χ0) is 25.6. The van der Waals surface area contributed by atoms with Crippen LogP contribution in [-0.4, -0.2) is 35.5 Å². The number of hydrogen-bond acceptors (Lipinski definition) is 3. The quantitative estimate of drug-likeness (QED) is 0.433.